The number of nitrogens with zero attached hydrogens (tertiary/aromatic N) is 2. The molecule has 0 aliphatic carbocycles. The molecule has 0 unspecified atom stereocenters. The van der Waals surface area contributed by atoms with Gasteiger partial charge < -0.3 is 9.67 Å². The van der Waals surface area contributed by atoms with Crippen molar-refractivity contribution in [1.82, 2.24) is 9.55 Å². The smallest absolute Gasteiger partial charge is 0.418 e. The van der Waals surface area contributed by atoms with Crippen molar-refractivity contribution >= 4 is 5.97 Å². The molecule has 9 heteroatoms. The topological polar surface area (TPSA) is 55.1 Å². The fraction of sp³-hybridized carbons (Fsp3) is 0.0909. The molecule has 0 bridgehead atoms. The standard InChI is InChI=1S/C11H5F5N2O2/c12-5-1-8(13)9(17-2-5)18-3-6(10(19)20)7(4-18)11(14,15)16/h1-4H,(H,19,20). The van der Waals surface area contributed by atoms with Crippen LogP contribution in [0.4, 0.5) is 22.0 Å². The fourth-order valence-corrected chi connectivity index (χ4v) is 1.57. The quantitative estimate of drug-likeness (QED) is 0.866. The van der Waals surface area contributed by atoms with E-state index in [0.717, 1.165) is 0 Å². The third kappa shape index (κ3) is 2.46. The lowest BCUT2D eigenvalue weighted by Crippen LogP contribution is -2.09. The highest BCUT2D eigenvalue weighted by molar-refractivity contribution is 5.89. The Morgan fingerprint density at radius 2 is 1.90 bits per heavy atom. The average molecular weight is 292 g/mol. The van der Waals surface area contributed by atoms with Gasteiger partial charge in [0, 0.05) is 18.5 Å². The lowest BCUT2D eigenvalue weighted by Gasteiger charge is -2.04. The molecule has 0 radical (unpaired) electrons. The van der Waals surface area contributed by atoms with Crippen LogP contribution in [0.15, 0.2) is 24.7 Å². The van der Waals surface area contributed by atoms with Gasteiger partial charge in [-0.25, -0.2) is 18.6 Å². The minimum atomic E-state index is -4.92. The number of carboxylic acid groups (broad SMARTS) is 1. The second-order valence-corrected chi connectivity index (χ2v) is 3.75. The molecule has 0 atom stereocenters. The summed E-state index contributed by atoms with van der Waals surface area (Å²) in [5.41, 5.74) is -2.50. The highest BCUT2D eigenvalue weighted by Gasteiger charge is 2.37. The van der Waals surface area contributed by atoms with Crippen LogP contribution in [-0.2, 0) is 6.18 Å². The average Bonchev–Trinajstić information content (AvgIpc) is 2.73. The van der Waals surface area contributed by atoms with E-state index in [-0.39, 0.29) is 0 Å². The highest BCUT2D eigenvalue weighted by Crippen LogP contribution is 2.33. The summed E-state index contributed by atoms with van der Waals surface area (Å²) in [5, 5.41) is 8.72. The molecule has 0 fully saturated rings. The molecular formula is C11H5F5N2O2. The van der Waals surface area contributed by atoms with Crippen LogP contribution in [0.5, 0.6) is 0 Å². The highest BCUT2D eigenvalue weighted by atomic mass is 19.4. The predicted octanol–water partition coefficient (Wildman–Crippen LogP) is 2.87. The minimum Gasteiger partial charge on any atom is -0.478 e. The monoisotopic (exact) mass is 292 g/mol. The Kier molecular flexibility index (Phi) is 3.20. The lowest BCUT2D eigenvalue weighted by molar-refractivity contribution is -0.138. The van der Waals surface area contributed by atoms with Gasteiger partial charge in [0.1, 0.15) is 5.82 Å². The van der Waals surface area contributed by atoms with Gasteiger partial charge in [-0.15, -0.1) is 0 Å². The third-order valence-corrected chi connectivity index (χ3v) is 2.40. The molecule has 20 heavy (non-hydrogen) atoms. The number of halogens is 5. The summed E-state index contributed by atoms with van der Waals surface area (Å²) in [5.74, 6) is -4.68. The van der Waals surface area contributed by atoms with Gasteiger partial charge in [0.05, 0.1) is 17.3 Å². The van der Waals surface area contributed by atoms with Crippen LogP contribution in [0.3, 0.4) is 0 Å². The van der Waals surface area contributed by atoms with Crippen LogP contribution < -0.4 is 0 Å². The van der Waals surface area contributed by atoms with Crippen molar-refractivity contribution in [3.63, 3.8) is 0 Å². The molecule has 4 nitrogen and oxygen atoms in total. The molecular weight excluding hydrogens is 287 g/mol. The first-order chi connectivity index (χ1) is 9.20. The van der Waals surface area contributed by atoms with Crippen LogP contribution in [0, 0.1) is 11.6 Å². The number of carbonyl (C=O) groups is 1. The Morgan fingerprint density at radius 1 is 1.25 bits per heavy atom. The van der Waals surface area contributed by atoms with E-state index >= 15 is 0 Å². The van der Waals surface area contributed by atoms with Gasteiger partial charge in [-0.3, -0.25) is 0 Å². The number of rotatable bonds is 2. The molecule has 106 valence electrons. The summed E-state index contributed by atoms with van der Waals surface area (Å²) in [6, 6.07) is 0.427. The molecule has 0 aromatic carbocycles. The van der Waals surface area contributed by atoms with Gasteiger partial charge >= 0.3 is 12.1 Å². The van der Waals surface area contributed by atoms with E-state index in [1.807, 2.05) is 0 Å². The van der Waals surface area contributed by atoms with Crippen molar-refractivity contribution in [3.05, 3.63) is 47.4 Å². The molecule has 0 saturated heterocycles. The zero-order valence-electron chi connectivity index (χ0n) is 9.45. The largest absolute Gasteiger partial charge is 0.478 e. The molecule has 0 spiro atoms. The number of hydrogen-bond acceptors (Lipinski definition) is 2. The Morgan fingerprint density at radius 3 is 2.35 bits per heavy atom. The van der Waals surface area contributed by atoms with E-state index in [9.17, 15) is 26.7 Å². The van der Waals surface area contributed by atoms with Crippen molar-refractivity contribution in [2.24, 2.45) is 0 Å². The SMILES string of the molecule is O=C(O)c1cn(-c2ncc(F)cc2F)cc1C(F)(F)F. The molecule has 2 rings (SSSR count). The number of hydrogen-bond donors (Lipinski definition) is 1. The van der Waals surface area contributed by atoms with E-state index in [1.165, 1.54) is 0 Å². The van der Waals surface area contributed by atoms with E-state index in [0.29, 0.717) is 29.2 Å². The van der Waals surface area contributed by atoms with Gasteiger partial charge in [-0.2, -0.15) is 13.2 Å². The first kappa shape index (κ1) is 14.0. The summed E-state index contributed by atoms with van der Waals surface area (Å²) in [7, 11) is 0. The van der Waals surface area contributed by atoms with Crippen molar-refractivity contribution in [2.75, 3.05) is 0 Å². The first-order valence-electron chi connectivity index (χ1n) is 5.04. The second-order valence-electron chi connectivity index (χ2n) is 3.75. The van der Waals surface area contributed by atoms with Crippen molar-refractivity contribution in [3.8, 4) is 5.82 Å². The molecule has 1 N–H and O–H groups in total. The van der Waals surface area contributed by atoms with Gasteiger partial charge in [0.15, 0.2) is 11.6 Å². The Bertz CT molecular complexity index is 678. The zero-order chi connectivity index (χ0) is 15.1. The Balaban J connectivity index is 2.62. The first-order valence-corrected chi connectivity index (χ1v) is 5.04. The summed E-state index contributed by atoms with van der Waals surface area (Å²) in [6.45, 7) is 0. The molecule has 2 aromatic heterocycles. The number of alkyl halides is 3. The maximum Gasteiger partial charge on any atom is 0.418 e. The van der Waals surface area contributed by atoms with E-state index in [2.05, 4.69) is 4.98 Å². The molecule has 2 heterocycles. The van der Waals surface area contributed by atoms with Crippen LogP contribution in [0.1, 0.15) is 15.9 Å². The minimum absolute atomic E-state index is 0.382. The zero-order valence-corrected chi connectivity index (χ0v) is 9.45. The van der Waals surface area contributed by atoms with E-state index in [1.54, 1.807) is 0 Å². The normalized spacial score (nSPS) is 11.7. The molecule has 2 aromatic rings. The maximum atomic E-state index is 13.4. The number of carboxylic acids is 1. The molecule has 0 saturated carbocycles. The predicted molar refractivity (Wildman–Crippen MR) is 55.4 cm³/mol. The van der Waals surface area contributed by atoms with Crippen LogP contribution in [0.25, 0.3) is 5.82 Å². The molecule has 0 aliphatic heterocycles. The summed E-state index contributed by atoms with van der Waals surface area (Å²) in [4.78, 5) is 14.1. The molecule has 0 amide bonds. The number of aromatic carboxylic acids is 1. The van der Waals surface area contributed by atoms with E-state index < -0.39 is 40.7 Å². The van der Waals surface area contributed by atoms with E-state index in [4.69, 9.17) is 5.11 Å². The number of pyridine rings is 1. The number of aromatic nitrogens is 2. The Labute approximate surface area is 108 Å². The van der Waals surface area contributed by atoms with Crippen molar-refractivity contribution in [1.29, 1.82) is 0 Å². The van der Waals surface area contributed by atoms with Crippen molar-refractivity contribution in [2.45, 2.75) is 6.18 Å². The van der Waals surface area contributed by atoms with Gasteiger partial charge in [0.25, 0.3) is 0 Å². The van der Waals surface area contributed by atoms with Crippen molar-refractivity contribution < 1.29 is 31.9 Å². The lowest BCUT2D eigenvalue weighted by atomic mass is 10.2. The fourth-order valence-electron chi connectivity index (χ4n) is 1.57. The molecule has 0 aliphatic rings. The maximum absolute atomic E-state index is 13.4. The third-order valence-electron chi connectivity index (χ3n) is 2.40. The summed E-state index contributed by atoms with van der Waals surface area (Å²) < 4.78 is 64.6. The van der Waals surface area contributed by atoms with Crippen LogP contribution >= 0.6 is 0 Å². The van der Waals surface area contributed by atoms with Gasteiger partial charge in [0.2, 0.25) is 0 Å². The summed E-state index contributed by atoms with van der Waals surface area (Å²) in [6.07, 6.45) is -3.37. The van der Waals surface area contributed by atoms with Gasteiger partial charge in [-0.05, 0) is 0 Å². The van der Waals surface area contributed by atoms with Crippen LogP contribution in [-0.4, -0.2) is 20.6 Å². The second kappa shape index (κ2) is 4.58. The summed E-state index contributed by atoms with van der Waals surface area (Å²) >= 11 is 0. The Hall–Kier alpha value is -2.45. The van der Waals surface area contributed by atoms with Gasteiger partial charge in [-0.1, -0.05) is 0 Å². The van der Waals surface area contributed by atoms with Crippen LogP contribution in [0.2, 0.25) is 0 Å².